The number of ether oxygens (including phenoxy) is 1. The van der Waals surface area contributed by atoms with Crippen molar-refractivity contribution in [1.82, 2.24) is 4.72 Å². The first-order chi connectivity index (χ1) is 11.7. The van der Waals surface area contributed by atoms with E-state index in [1.807, 2.05) is 32.9 Å². The molecule has 0 bridgehead atoms. The van der Waals surface area contributed by atoms with Crippen LogP contribution in [0.4, 0.5) is 5.69 Å². The summed E-state index contributed by atoms with van der Waals surface area (Å²) in [5.74, 6) is 0.389. The van der Waals surface area contributed by atoms with E-state index in [9.17, 15) is 13.2 Å². The number of sulfonamides is 1. The quantitative estimate of drug-likeness (QED) is 0.827. The second-order valence-electron chi connectivity index (χ2n) is 5.80. The topological polar surface area (TPSA) is 84.5 Å². The summed E-state index contributed by atoms with van der Waals surface area (Å²) in [5, 5.41) is 2.68. The van der Waals surface area contributed by atoms with Gasteiger partial charge in [-0.1, -0.05) is 17.7 Å². The fraction of sp³-hybridized carbons (Fsp3) is 0.278. The lowest BCUT2D eigenvalue weighted by atomic mass is 10.1. The molecule has 0 aliphatic heterocycles. The number of aryl methyl sites for hydroxylation is 3. The summed E-state index contributed by atoms with van der Waals surface area (Å²) in [6.07, 6.45) is 0. The van der Waals surface area contributed by atoms with Crippen LogP contribution >= 0.6 is 0 Å². The van der Waals surface area contributed by atoms with Gasteiger partial charge >= 0.3 is 0 Å². The molecular weight excluding hydrogens is 340 g/mol. The number of carbonyl (C=O) groups excluding carboxylic acids is 1. The van der Waals surface area contributed by atoms with Crippen LogP contribution in [0.2, 0.25) is 0 Å². The van der Waals surface area contributed by atoms with Gasteiger partial charge in [-0.25, -0.2) is 13.1 Å². The molecule has 1 amide bonds. The molecular formula is C18H22N2O4S. The van der Waals surface area contributed by atoms with Gasteiger partial charge < -0.3 is 10.1 Å². The summed E-state index contributed by atoms with van der Waals surface area (Å²) in [7, 11) is -2.15. The molecule has 6 nitrogen and oxygen atoms in total. The van der Waals surface area contributed by atoms with E-state index in [0.29, 0.717) is 11.4 Å². The first-order valence-electron chi connectivity index (χ1n) is 7.77. The van der Waals surface area contributed by atoms with Crippen LogP contribution in [-0.4, -0.2) is 28.0 Å². The second-order valence-corrected chi connectivity index (χ2v) is 7.68. The molecule has 0 spiro atoms. The SMILES string of the molecule is CNS(=O)(=O)c1ccc(NC(=O)COc2c(C)cc(C)cc2C)cc1. The maximum absolute atomic E-state index is 12.0. The molecule has 2 aromatic rings. The normalized spacial score (nSPS) is 11.2. The molecule has 134 valence electrons. The molecule has 0 aromatic heterocycles. The van der Waals surface area contributed by atoms with Crippen LogP contribution in [-0.2, 0) is 14.8 Å². The minimum absolute atomic E-state index is 0.124. The summed E-state index contributed by atoms with van der Waals surface area (Å²) in [6, 6.07) is 9.92. The highest BCUT2D eigenvalue weighted by molar-refractivity contribution is 7.89. The van der Waals surface area contributed by atoms with Crippen molar-refractivity contribution in [3.05, 3.63) is 53.1 Å². The van der Waals surface area contributed by atoms with Crippen molar-refractivity contribution in [2.24, 2.45) is 0 Å². The number of hydrogen-bond donors (Lipinski definition) is 2. The zero-order valence-electron chi connectivity index (χ0n) is 14.7. The zero-order chi connectivity index (χ0) is 18.6. The first-order valence-corrected chi connectivity index (χ1v) is 9.25. The van der Waals surface area contributed by atoms with E-state index < -0.39 is 10.0 Å². The number of hydrogen-bond acceptors (Lipinski definition) is 4. The number of carbonyl (C=O) groups is 1. The van der Waals surface area contributed by atoms with Gasteiger partial charge in [0.25, 0.3) is 5.91 Å². The second kappa shape index (κ2) is 7.67. The summed E-state index contributed by atoms with van der Waals surface area (Å²) >= 11 is 0. The third-order valence-electron chi connectivity index (χ3n) is 3.67. The Morgan fingerprint density at radius 1 is 1.04 bits per heavy atom. The number of rotatable bonds is 6. The molecule has 0 aliphatic rings. The molecule has 0 saturated heterocycles. The fourth-order valence-electron chi connectivity index (χ4n) is 2.56. The van der Waals surface area contributed by atoms with E-state index in [2.05, 4.69) is 10.0 Å². The first kappa shape index (κ1) is 19.0. The van der Waals surface area contributed by atoms with Crippen molar-refractivity contribution in [2.45, 2.75) is 25.7 Å². The third kappa shape index (κ3) is 4.80. The van der Waals surface area contributed by atoms with Crippen molar-refractivity contribution < 1.29 is 17.9 Å². The monoisotopic (exact) mass is 362 g/mol. The van der Waals surface area contributed by atoms with Gasteiger partial charge in [0.15, 0.2) is 6.61 Å². The molecule has 0 aliphatic carbocycles. The van der Waals surface area contributed by atoms with Crippen LogP contribution in [0.5, 0.6) is 5.75 Å². The summed E-state index contributed by atoms with van der Waals surface area (Å²) < 4.78 is 31.2. The molecule has 0 heterocycles. The van der Waals surface area contributed by atoms with Gasteiger partial charge in [-0.05, 0) is 63.2 Å². The highest BCUT2D eigenvalue weighted by Gasteiger charge is 2.12. The van der Waals surface area contributed by atoms with Gasteiger partial charge in [0.05, 0.1) is 4.90 Å². The number of benzene rings is 2. The standard InChI is InChI=1S/C18H22N2O4S/c1-12-9-13(2)18(14(3)10-12)24-11-17(21)20-15-5-7-16(8-6-15)25(22,23)19-4/h5-10,19H,11H2,1-4H3,(H,20,21). The Kier molecular flexibility index (Phi) is 5.81. The lowest BCUT2D eigenvalue weighted by molar-refractivity contribution is -0.118. The minimum Gasteiger partial charge on any atom is -0.483 e. The third-order valence-corrected chi connectivity index (χ3v) is 5.10. The van der Waals surface area contributed by atoms with Crippen LogP contribution in [0.15, 0.2) is 41.3 Å². The van der Waals surface area contributed by atoms with Gasteiger partial charge in [0, 0.05) is 5.69 Å². The molecule has 0 unspecified atom stereocenters. The van der Waals surface area contributed by atoms with Crippen LogP contribution in [0.25, 0.3) is 0 Å². The van der Waals surface area contributed by atoms with Crippen LogP contribution in [0, 0.1) is 20.8 Å². The van der Waals surface area contributed by atoms with Gasteiger partial charge in [0.1, 0.15) is 5.75 Å². The molecule has 2 aromatic carbocycles. The van der Waals surface area contributed by atoms with Gasteiger partial charge in [-0.3, -0.25) is 4.79 Å². The summed E-state index contributed by atoms with van der Waals surface area (Å²) in [4.78, 5) is 12.2. The van der Waals surface area contributed by atoms with Crippen LogP contribution in [0.1, 0.15) is 16.7 Å². The van der Waals surface area contributed by atoms with Crippen molar-refractivity contribution in [2.75, 3.05) is 19.0 Å². The van der Waals surface area contributed by atoms with Crippen molar-refractivity contribution in [1.29, 1.82) is 0 Å². The smallest absolute Gasteiger partial charge is 0.262 e. The Hall–Kier alpha value is -2.38. The van der Waals surface area contributed by atoms with Crippen LogP contribution < -0.4 is 14.8 Å². The molecule has 0 fully saturated rings. The lowest BCUT2D eigenvalue weighted by Gasteiger charge is -2.13. The molecule has 7 heteroatoms. The molecule has 0 saturated carbocycles. The van der Waals surface area contributed by atoms with E-state index in [0.717, 1.165) is 16.7 Å². The largest absolute Gasteiger partial charge is 0.483 e. The molecule has 0 radical (unpaired) electrons. The van der Waals surface area contributed by atoms with E-state index in [4.69, 9.17) is 4.74 Å². The van der Waals surface area contributed by atoms with E-state index >= 15 is 0 Å². The highest BCUT2D eigenvalue weighted by atomic mass is 32.2. The average Bonchev–Trinajstić information content (AvgIpc) is 2.54. The maximum Gasteiger partial charge on any atom is 0.262 e. The van der Waals surface area contributed by atoms with Crippen molar-refractivity contribution in [3.63, 3.8) is 0 Å². The fourth-order valence-corrected chi connectivity index (χ4v) is 3.29. The number of nitrogens with one attached hydrogen (secondary N) is 2. The van der Waals surface area contributed by atoms with Gasteiger partial charge in [0.2, 0.25) is 10.0 Å². The zero-order valence-corrected chi connectivity index (χ0v) is 15.5. The number of amides is 1. The predicted octanol–water partition coefficient (Wildman–Crippen LogP) is 2.54. The Balaban J connectivity index is 1.99. The summed E-state index contributed by atoms with van der Waals surface area (Å²) in [6.45, 7) is 5.76. The van der Waals surface area contributed by atoms with E-state index in [-0.39, 0.29) is 17.4 Å². The minimum atomic E-state index is -3.49. The summed E-state index contributed by atoms with van der Waals surface area (Å²) in [5.41, 5.74) is 3.60. The highest BCUT2D eigenvalue weighted by Crippen LogP contribution is 2.24. The van der Waals surface area contributed by atoms with Crippen molar-refractivity contribution >= 4 is 21.6 Å². The Morgan fingerprint density at radius 2 is 1.60 bits per heavy atom. The lowest BCUT2D eigenvalue weighted by Crippen LogP contribution is -2.21. The number of anilines is 1. The van der Waals surface area contributed by atoms with Crippen LogP contribution in [0.3, 0.4) is 0 Å². The maximum atomic E-state index is 12.0. The van der Waals surface area contributed by atoms with Gasteiger partial charge in [-0.15, -0.1) is 0 Å². The van der Waals surface area contributed by atoms with E-state index in [1.54, 1.807) is 0 Å². The van der Waals surface area contributed by atoms with Crippen molar-refractivity contribution in [3.8, 4) is 5.75 Å². The Labute approximate surface area is 148 Å². The molecule has 25 heavy (non-hydrogen) atoms. The molecule has 2 N–H and O–H groups in total. The Morgan fingerprint density at radius 3 is 2.12 bits per heavy atom. The molecule has 0 atom stereocenters. The Bertz CT molecular complexity index is 851. The average molecular weight is 362 g/mol. The predicted molar refractivity (Wildman–Crippen MR) is 97.5 cm³/mol. The van der Waals surface area contributed by atoms with Gasteiger partial charge in [-0.2, -0.15) is 0 Å². The van der Waals surface area contributed by atoms with E-state index in [1.165, 1.54) is 31.3 Å². The molecule has 2 rings (SSSR count).